The van der Waals surface area contributed by atoms with E-state index in [0.717, 1.165) is 22.4 Å². The molecule has 2 aromatic carbocycles. The highest BCUT2D eigenvalue weighted by molar-refractivity contribution is 7.89. The molecule has 0 spiro atoms. The SMILES string of the molecule is Cc1ccccc1C(O)CNS(=O)(=O)c1ccc(C)c(N(C)C)c1. The van der Waals surface area contributed by atoms with Crippen LogP contribution in [0.15, 0.2) is 47.4 Å². The summed E-state index contributed by atoms with van der Waals surface area (Å²) in [6, 6.07) is 12.4. The summed E-state index contributed by atoms with van der Waals surface area (Å²) < 4.78 is 27.5. The Morgan fingerprint density at radius 2 is 1.75 bits per heavy atom. The van der Waals surface area contributed by atoms with Gasteiger partial charge in [0.1, 0.15) is 0 Å². The fourth-order valence-corrected chi connectivity index (χ4v) is 3.64. The summed E-state index contributed by atoms with van der Waals surface area (Å²) in [7, 11) is 0.0526. The van der Waals surface area contributed by atoms with Crippen molar-refractivity contribution in [2.75, 3.05) is 25.5 Å². The molecule has 0 aliphatic rings. The number of hydrogen-bond donors (Lipinski definition) is 2. The molecular formula is C18H24N2O3S. The first-order valence-electron chi connectivity index (χ1n) is 7.73. The van der Waals surface area contributed by atoms with Gasteiger partial charge in [-0.2, -0.15) is 0 Å². The molecule has 0 fully saturated rings. The first-order valence-corrected chi connectivity index (χ1v) is 9.22. The van der Waals surface area contributed by atoms with E-state index in [1.807, 2.05) is 51.0 Å². The lowest BCUT2D eigenvalue weighted by Gasteiger charge is -2.18. The second-order valence-electron chi connectivity index (χ2n) is 6.07. The van der Waals surface area contributed by atoms with Crippen LogP contribution in [0.1, 0.15) is 22.8 Å². The molecule has 0 saturated carbocycles. The van der Waals surface area contributed by atoms with Crippen LogP contribution in [0, 0.1) is 13.8 Å². The molecule has 0 amide bonds. The number of sulfonamides is 1. The van der Waals surface area contributed by atoms with Crippen LogP contribution >= 0.6 is 0 Å². The summed E-state index contributed by atoms with van der Waals surface area (Å²) >= 11 is 0. The van der Waals surface area contributed by atoms with Crippen LogP contribution in [0.3, 0.4) is 0 Å². The Kier molecular flexibility index (Phi) is 5.64. The largest absolute Gasteiger partial charge is 0.387 e. The fraction of sp³-hybridized carbons (Fsp3) is 0.333. The van der Waals surface area contributed by atoms with Crippen molar-refractivity contribution in [2.24, 2.45) is 0 Å². The number of rotatable bonds is 6. The molecular weight excluding hydrogens is 324 g/mol. The van der Waals surface area contributed by atoms with E-state index in [0.29, 0.717) is 0 Å². The zero-order valence-electron chi connectivity index (χ0n) is 14.4. The minimum Gasteiger partial charge on any atom is -0.387 e. The molecule has 0 saturated heterocycles. The van der Waals surface area contributed by atoms with E-state index >= 15 is 0 Å². The third-order valence-corrected chi connectivity index (χ3v) is 5.41. The van der Waals surface area contributed by atoms with Crippen LogP contribution in [0.4, 0.5) is 5.69 Å². The monoisotopic (exact) mass is 348 g/mol. The molecule has 0 aromatic heterocycles. The Labute approximate surface area is 144 Å². The Morgan fingerprint density at radius 1 is 1.08 bits per heavy atom. The van der Waals surface area contributed by atoms with E-state index in [1.165, 1.54) is 0 Å². The van der Waals surface area contributed by atoms with Crippen molar-refractivity contribution in [1.29, 1.82) is 0 Å². The molecule has 0 aliphatic heterocycles. The molecule has 0 aliphatic carbocycles. The zero-order valence-corrected chi connectivity index (χ0v) is 15.3. The minimum absolute atomic E-state index is 0.0711. The number of nitrogens with one attached hydrogen (secondary N) is 1. The van der Waals surface area contributed by atoms with Crippen molar-refractivity contribution in [2.45, 2.75) is 24.8 Å². The maximum atomic E-state index is 12.5. The number of aliphatic hydroxyl groups excluding tert-OH is 1. The van der Waals surface area contributed by atoms with Gasteiger partial charge in [0.25, 0.3) is 0 Å². The average Bonchev–Trinajstić information content (AvgIpc) is 2.53. The van der Waals surface area contributed by atoms with Crippen LogP contribution in [0.2, 0.25) is 0 Å². The van der Waals surface area contributed by atoms with E-state index in [2.05, 4.69) is 4.72 Å². The normalized spacial score (nSPS) is 12.9. The van der Waals surface area contributed by atoms with Crippen molar-refractivity contribution < 1.29 is 13.5 Å². The number of aliphatic hydroxyl groups is 1. The maximum absolute atomic E-state index is 12.5. The second kappa shape index (κ2) is 7.34. The van der Waals surface area contributed by atoms with Gasteiger partial charge in [0.05, 0.1) is 11.0 Å². The standard InChI is InChI=1S/C18H24N2O3S/c1-13-7-5-6-8-16(13)18(21)12-19-24(22,23)15-10-9-14(2)17(11-15)20(3)4/h5-11,18-19,21H,12H2,1-4H3. The number of benzene rings is 2. The first kappa shape index (κ1) is 18.4. The van der Waals surface area contributed by atoms with Gasteiger partial charge < -0.3 is 10.0 Å². The van der Waals surface area contributed by atoms with Crippen molar-refractivity contribution in [3.05, 3.63) is 59.2 Å². The Balaban J connectivity index is 2.17. The Morgan fingerprint density at radius 3 is 2.38 bits per heavy atom. The number of anilines is 1. The number of aryl methyl sites for hydroxylation is 2. The number of hydrogen-bond acceptors (Lipinski definition) is 4. The van der Waals surface area contributed by atoms with Gasteiger partial charge in [-0.05, 0) is 42.7 Å². The van der Waals surface area contributed by atoms with Crippen LogP contribution in [0.5, 0.6) is 0 Å². The Bertz CT molecular complexity index is 817. The maximum Gasteiger partial charge on any atom is 0.240 e. The third kappa shape index (κ3) is 4.14. The summed E-state index contributed by atoms with van der Waals surface area (Å²) in [4.78, 5) is 2.06. The summed E-state index contributed by atoms with van der Waals surface area (Å²) in [5.74, 6) is 0. The lowest BCUT2D eigenvalue weighted by Crippen LogP contribution is -2.29. The van der Waals surface area contributed by atoms with Crippen molar-refractivity contribution in [3.63, 3.8) is 0 Å². The molecule has 0 bridgehead atoms. The smallest absolute Gasteiger partial charge is 0.240 e. The first-order chi connectivity index (χ1) is 11.2. The summed E-state index contributed by atoms with van der Waals surface area (Å²) in [5.41, 5.74) is 3.49. The molecule has 6 heteroatoms. The van der Waals surface area contributed by atoms with Gasteiger partial charge >= 0.3 is 0 Å². The average molecular weight is 348 g/mol. The predicted octanol–water partition coefficient (Wildman–Crippen LogP) is 2.38. The predicted molar refractivity (Wildman–Crippen MR) is 96.8 cm³/mol. The van der Waals surface area contributed by atoms with Gasteiger partial charge in [-0.1, -0.05) is 30.3 Å². The van der Waals surface area contributed by atoms with E-state index < -0.39 is 16.1 Å². The molecule has 24 heavy (non-hydrogen) atoms. The van der Waals surface area contributed by atoms with E-state index in [1.54, 1.807) is 24.3 Å². The summed E-state index contributed by atoms with van der Waals surface area (Å²) in [6.07, 6.45) is -0.889. The minimum atomic E-state index is -3.69. The topological polar surface area (TPSA) is 69.6 Å². The van der Waals surface area contributed by atoms with Crippen LogP contribution in [-0.2, 0) is 10.0 Å². The molecule has 0 radical (unpaired) electrons. The van der Waals surface area contributed by atoms with Gasteiger partial charge in [-0.3, -0.25) is 0 Å². The van der Waals surface area contributed by atoms with Gasteiger partial charge in [-0.15, -0.1) is 0 Å². The van der Waals surface area contributed by atoms with E-state index in [4.69, 9.17) is 0 Å². The molecule has 2 aromatic rings. The third-order valence-electron chi connectivity index (χ3n) is 3.99. The van der Waals surface area contributed by atoms with Gasteiger partial charge in [0.15, 0.2) is 0 Å². The molecule has 5 nitrogen and oxygen atoms in total. The molecule has 1 unspecified atom stereocenters. The van der Waals surface area contributed by atoms with Crippen LogP contribution in [0.25, 0.3) is 0 Å². The number of nitrogens with zero attached hydrogens (tertiary/aromatic N) is 1. The highest BCUT2D eigenvalue weighted by atomic mass is 32.2. The van der Waals surface area contributed by atoms with Crippen molar-refractivity contribution >= 4 is 15.7 Å². The quantitative estimate of drug-likeness (QED) is 0.841. The fourth-order valence-electron chi connectivity index (χ4n) is 2.58. The zero-order chi connectivity index (χ0) is 17.9. The summed E-state index contributed by atoms with van der Waals surface area (Å²) in [6.45, 7) is 3.75. The molecule has 0 heterocycles. The van der Waals surface area contributed by atoms with Gasteiger partial charge in [0, 0.05) is 26.3 Å². The highest BCUT2D eigenvalue weighted by Crippen LogP contribution is 2.23. The molecule has 1 atom stereocenters. The van der Waals surface area contributed by atoms with E-state index in [9.17, 15) is 13.5 Å². The molecule has 2 N–H and O–H groups in total. The highest BCUT2D eigenvalue weighted by Gasteiger charge is 2.18. The van der Waals surface area contributed by atoms with Gasteiger partial charge in [-0.25, -0.2) is 13.1 Å². The van der Waals surface area contributed by atoms with Gasteiger partial charge in [0.2, 0.25) is 10.0 Å². The lowest BCUT2D eigenvalue weighted by molar-refractivity contribution is 0.181. The van der Waals surface area contributed by atoms with Crippen LogP contribution in [-0.4, -0.2) is 34.2 Å². The lowest BCUT2D eigenvalue weighted by atomic mass is 10.0. The van der Waals surface area contributed by atoms with Crippen LogP contribution < -0.4 is 9.62 Å². The van der Waals surface area contributed by atoms with E-state index in [-0.39, 0.29) is 11.4 Å². The Hall–Kier alpha value is -1.89. The van der Waals surface area contributed by atoms with Crippen molar-refractivity contribution in [1.82, 2.24) is 4.72 Å². The van der Waals surface area contributed by atoms with Crippen molar-refractivity contribution in [3.8, 4) is 0 Å². The summed E-state index contributed by atoms with van der Waals surface area (Å²) in [5, 5.41) is 10.3. The molecule has 2 rings (SSSR count). The second-order valence-corrected chi connectivity index (χ2v) is 7.83. The molecule has 130 valence electrons.